The van der Waals surface area contributed by atoms with Gasteiger partial charge in [0.2, 0.25) is 0 Å². The number of aromatic hydroxyl groups is 1. The SMILES string of the molecule is Cc1ccc(/C=C2/Oc3cc(O)ccc3-c3nc4ccccc4nc32)cc1. The van der Waals surface area contributed by atoms with E-state index in [-0.39, 0.29) is 5.75 Å². The number of phenolic OH excluding ortho intramolecular Hbond substituents is 1. The second-order valence-corrected chi connectivity index (χ2v) is 6.61. The quantitative estimate of drug-likeness (QED) is 0.511. The zero-order valence-electron chi connectivity index (χ0n) is 14.7. The summed E-state index contributed by atoms with van der Waals surface area (Å²) in [5.74, 6) is 1.34. The summed E-state index contributed by atoms with van der Waals surface area (Å²) in [6.07, 6.45) is 1.95. The molecule has 0 amide bonds. The predicted molar refractivity (Wildman–Crippen MR) is 106 cm³/mol. The molecule has 4 nitrogen and oxygen atoms in total. The number of ether oxygens (including phenoxy) is 1. The van der Waals surface area contributed by atoms with Crippen LogP contribution >= 0.6 is 0 Å². The Hall–Kier alpha value is -3.66. The second kappa shape index (κ2) is 5.95. The molecule has 0 aliphatic carbocycles. The number of hydrogen-bond donors (Lipinski definition) is 1. The average molecular weight is 352 g/mol. The zero-order chi connectivity index (χ0) is 18.4. The van der Waals surface area contributed by atoms with Gasteiger partial charge in [-0.05, 0) is 42.8 Å². The van der Waals surface area contributed by atoms with Crippen LogP contribution in [0.5, 0.6) is 11.5 Å². The fraction of sp³-hybridized carbons (Fsp3) is 0.0435. The summed E-state index contributed by atoms with van der Waals surface area (Å²) in [5, 5.41) is 9.88. The van der Waals surface area contributed by atoms with Crippen molar-refractivity contribution in [1.82, 2.24) is 9.97 Å². The Kier molecular flexibility index (Phi) is 3.44. The minimum absolute atomic E-state index is 0.153. The number of nitrogens with zero attached hydrogens (tertiary/aromatic N) is 2. The van der Waals surface area contributed by atoms with Crippen LogP contribution in [0.25, 0.3) is 34.1 Å². The molecule has 0 atom stereocenters. The van der Waals surface area contributed by atoms with Crippen LogP contribution < -0.4 is 4.74 Å². The highest BCUT2D eigenvalue weighted by molar-refractivity contribution is 5.92. The Morgan fingerprint density at radius 3 is 2.30 bits per heavy atom. The molecule has 0 fully saturated rings. The molecule has 0 spiro atoms. The van der Waals surface area contributed by atoms with Crippen LogP contribution in [0.3, 0.4) is 0 Å². The number of fused-ring (bicyclic) bond motifs is 4. The largest absolute Gasteiger partial charge is 0.508 e. The molecule has 4 aromatic rings. The lowest BCUT2D eigenvalue weighted by Gasteiger charge is -2.22. The Labute approximate surface area is 156 Å². The summed E-state index contributed by atoms with van der Waals surface area (Å²) >= 11 is 0. The van der Waals surface area contributed by atoms with Gasteiger partial charge in [-0.2, -0.15) is 0 Å². The first-order valence-corrected chi connectivity index (χ1v) is 8.74. The fourth-order valence-corrected chi connectivity index (χ4v) is 3.23. The van der Waals surface area contributed by atoms with Crippen molar-refractivity contribution < 1.29 is 9.84 Å². The van der Waals surface area contributed by atoms with Gasteiger partial charge in [0.05, 0.1) is 11.0 Å². The Bertz CT molecular complexity index is 1210. The van der Waals surface area contributed by atoms with E-state index in [0.717, 1.165) is 27.9 Å². The van der Waals surface area contributed by atoms with Gasteiger partial charge in [-0.25, -0.2) is 9.97 Å². The highest BCUT2D eigenvalue weighted by atomic mass is 16.5. The lowest BCUT2D eigenvalue weighted by Crippen LogP contribution is -2.09. The topological polar surface area (TPSA) is 55.2 Å². The first kappa shape index (κ1) is 15.6. The number of para-hydroxylation sites is 2. The van der Waals surface area contributed by atoms with Crippen LogP contribution in [0, 0.1) is 6.92 Å². The molecule has 2 heterocycles. The normalized spacial score (nSPS) is 13.9. The third-order valence-electron chi connectivity index (χ3n) is 4.62. The number of phenols is 1. The van der Waals surface area contributed by atoms with E-state index in [1.165, 1.54) is 5.56 Å². The highest BCUT2D eigenvalue weighted by Gasteiger charge is 2.25. The third-order valence-corrected chi connectivity index (χ3v) is 4.62. The molecular weight excluding hydrogens is 336 g/mol. The maximum absolute atomic E-state index is 9.88. The highest BCUT2D eigenvalue weighted by Crippen LogP contribution is 2.42. The van der Waals surface area contributed by atoms with Crippen LogP contribution in [-0.4, -0.2) is 15.1 Å². The van der Waals surface area contributed by atoms with E-state index in [4.69, 9.17) is 14.7 Å². The molecule has 0 unspecified atom stereocenters. The van der Waals surface area contributed by atoms with E-state index in [1.807, 2.05) is 48.5 Å². The molecule has 27 heavy (non-hydrogen) atoms. The van der Waals surface area contributed by atoms with Crippen molar-refractivity contribution >= 4 is 22.9 Å². The summed E-state index contributed by atoms with van der Waals surface area (Å²) in [5.41, 5.74) is 6.13. The first-order chi connectivity index (χ1) is 13.2. The van der Waals surface area contributed by atoms with Crippen LogP contribution in [0.15, 0.2) is 66.7 Å². The second-order valence-electron chi connectivity index (χ2n) is 6.61. The smallest absolute Gasteiger partial charge is 0.155 e. The van der Waals surface area contributed by atoms with Crippen LogP contribution in [0.1, 0.15) is 16.8 Å². The number of rotatable bonds is 1. The molecule has 5 rings (SSSR count). The lowest BCUT2D eigenvalue weighted by atomic mass is 10.0. The van der Waals surface area contributed by atoms with Crippen molar-refractivity contribution in [2.75, 3.05) is 0 Å². The third kappa shape index (κ3) is 2.72. The van der Waals surface area contributed by atoms with Crippen LogP contribution in [0.2, 0.25) is 0 Å². The van der Waals surface area contributed by atoms with Gasteiger partial charge < -0.3 is 9.84 Å². The fourth-order valence-electron chi connectivity index (χ4n) is 3.23. The molecule has 4 heteroatoms. The molecule has 0 saturated heterocycles. The predicted octanol–water partition coefficient (Wildman–Crippen LogP) is 5.20. The van der Waals surface area contributed by atoms with Gasteiger partial charge in [0.15, 0.2) is 5.76 Å². The molecule has 1 N–H and O–H groups in total. The molecule has 1 aliphatic rings. The Morgan fingerprint density at radius 2 is 1.56 bits per heavy atom. The van der Waals surface area contributed by atoms with Gasteiger partial charge in [-0.15, -0.1) is 0 Å². The molecule has 0 bridgehead atoms. The molecule has 1 aliphatic heterocycles. The number of benzene rings is 3. The summed E-state index contributed by atoms with van der Waals surface area (Å²) in [6, 6.07) is 21.0. The summed E-state index contributed by atoms with van der Waals surface area (Å²) in [6.45, 7) is 2.06. The van der Waals surface area contributed by atoms with E-state index < -0.39 is 0 Å². The lowest BCUT2D eigenvalue weighted by molar-refractivity contribution is 0.463. The Balaban J connectivity index is 1.77. The minimum Gasteiger partial charge on any atom is -0.508 e. The minimum atomic E-state index is 0.153. The monoisotopic (exact) mass is 352 g/mol. The molecular formula is C23H16N2O2. The average Bonchev–Trinajstić information content (AvgIpc) is 2.68. The van der Waals surface area contributed by atoms with E-state index in [1.54, 1.807) is 12.1 Å². The zero-order valence-corrected chi connectivity index (χ0v) is 14.7. The van der Waals surface area contributed by atoms with E-state index in [9.17, 15) is 5.11 Å². The van der Waals surface area contributed by atoms with Gasteiger partial charge in [0.25, 0.3) is 0 Å². The van der Waals surface area contributed by atoms with E-state index in [0.29, 0.717) is 17.2 Å². The van der Waals surface area contributed by atoms with E-state index >= 15 is 0 Å². The van der Waals surface area contributed by atoms with Gasteiger partial charge in [-0.1, -0.05) is 42.0 Å². The standard InChI is InChI=1S/C23H16N2O2/c1-14-6-8-15(9-7-14)12-21-23-22(17-11-10-16(26)13-20(17)27-21)24-18-4-2-3-5-19(18)25-23/h2-13,26H,1H3/b21-12+. The first-order valence-electron chi connectivity index (χ1n) is 8.74. The summed E-state index contributed by atoms with van der Waals surface area (Å²) in [4.78, 5) is 9.64. The van der Waals surface area contributed by atoms with Crippen molar-refractivity contribution in [3.05, 3.63) is 83.6 Å². The van der Waals surface area contributed by atoms with Crippen molar-refractivity contribution in [1.29, 1.82) is 0 Å². The number of aromatic nitrogens is 2. The van der Waals surface area contributed by atoms with Crippen molar-refractivity contribution in [3.8, 4) is 22.8 Å². The van der Waals surface area contributed by atoms with Crippen molar-refractivity contribution in [3.63, 3.8) is 0 Å². The molecule has 1 aromatic heterocycles. The summed E-state index contributed by atoms with van der Waals surface area (Å²) in [7, 11) is 0. The van der Waals surface area contributed by atoms with Crippen LogP contribution in [-0.2, 0) is 0 Å². The molecule has 0 radical (unpaired) electrons. The molecule has 130 valence electrons. The van der Waals surface area contributed by atoms with Gasteiger partial charge in [-0.3, -0.25) is 0 Å². The van der Waals surface area contributed by atoms with Gasteiger partial charge in [0, 0.05) is 11.6 Å². The van der Waals surface area contributed by atoms with Gasteiger partial charge >= 0.3 is 0 Å². The van der Waals surface area contributed by atoms with E-state index in [2.05, 4.69) is 19.1 Å². The molecule has 3 aromatic carbocycles. The van der Waals surface area contributed by atoms with Crippen LogP contribution in [0.4, 0.5) is 0 Å². The van der Waals surface area contributed by atoms with Gasteiger partial charge in [0.1, 0.15) is 22.9 Å². The summed E-state index contributed by atoms with van der Waals surface area (Å²) < 4.78 is 6.12. The van der Waals surface area contributed by atoms with Crippen molar-refractivity contribution in [2.24, 2.45) is 0 Å². The maximum atomic E-state index is 9.88. The van der Waals surface area contributed by atoms with Crippen molar-refractivity contribution in [2.45, 2.75) is 6.92 Å². The molecule has 0 saturated carbocycles. The Morgan fingerprint density at radius 1 is 0.852 bits per heavy atom. The maximum Gasteiger partial charge on any atom is 0.155 e. The number of aryl methyl sites for hydroxylation is 1. The number of hydrogen-bond acceptors (Lipinski definition) is 4.